The molecule has 2 aromatic heterocycles. The smallest absolute Gasteiger partial charge is 0.158 e. The molecular weight excluding hydrogens is 504 g/mol. The predicted molar refractivity (Wildman–Crippen MR) is 155 cm³/mol. The van der Waals surface area contributed by atoms with Crippen LogP contribution in [0.5, 0.6) is 5.75 Å². The number of hydrogen-bond acceptors (Lipinski definition) is 9. The number of fused-ring (bicyclic) bond motifs is 1. The van der Waals surface area contributed by atoms with E-state index in [1.165, 1.54) is 16.8 Å². The van der Waals surface area contributed by atoms with Crippen LogP contribution in [0.3, 0.4) is 0 Å². The minimum atomic E-state index is 0.108. The number of aryl methyl sites for hydroxylation is 1. The van der Waals surface area contributed by atoms with Crippen molar-refractivity contribution >= 4 is 23.0 Å². The van der Waals surface area contributed by atoms with E-state index in [0.717, 1.165) is 67.4 Å². The van der Waals surface area contributed by atoms with Crippen LogP contribution >= 0.6 is 0 Å². The minimum Gasteiger partial charge on any atom is -0.491 e. The number of nitrogens with zero attached hydrogens (tertiary/aromatic N) is 7. The first-order valence-corrected chi connectivity index (χ1v) is 14.0. The zero-order chi connectivity index (χ0) is 27.1. The lowest BCUT2D eigenvalue weighted by molar-refractivity contribution is 0.157. The van der Waals surface area contributed by atoms with Crippen LogP contribution < -0.4 is 20.0 Å². The van der Waals surface area contributed by atoms with Crippen LogP contribution in [0.4, 0.5) is 23.0 Å². The number of ether oxygens (including phenoxy) is 1. The van der Waals surface area contributed by atoms with Gasteiger partial charge in [0.2, 0.25) is 0 Å². The normalized spacial score (nSPS) is 19.1. The first-order valence-electron chi connectivity index (χ1n) is 14.0. The van der Waals surface area contributed by atoms with Gasteiger partial charge in [-0.15, -0.1) is 0 Å². The first kappa shape index (κ1) is 24.9. The van der Waals surface area contributed by atoms with Gasteiger partial charge in [0, 0.05) is 75.0 Å². The SMILES string of the molecule is CN1CCN(c2c(-c3cnn(C)c3)cc(Nc3cc(N4OCCC4c4ccccc4)ncn3)c3c2CCO3)CC1. The van der Waals surface area contributed by atoms with Crippen molar-refractivity contribution in [1.82, 2.24) is 24.6 Å². The second-order valence-electron chi connectivity index (χ2n) is 10.7. The third kappa shape index (κ3) is 4.63. The molecule has 0 bridgehead atoms. The van der Waals surface area contributed by atoms with E-state index >= 15 is 0 Å². The lowest BCUT2D eigenvalue weighted by atomic mass is 9.97. The zero-order valence-corrected chi connectivity index (χ0v) is 23.0. The van der Waals surface area contributed by atoms with E-state index in [1.807, 2.05) is 35.1 Å². The molecule has 1 atom stereocenters. The second-order valence-corrected chi connectivity index (χ2v) is 10.7. The molecule has 3 aliphatic rings. The highest BCUT2D eigenvalue weighted by Gasteiger charge is 2.31. The first-order chi connectivity index (χ1) is 19.6. The molecule has 3 aliphatic heterocycles. The third-order valence-corrected chi connectivity index (χ3v) is 8.01. The van der Waals surface area contributed by atoms with Gasteiger partial charge in [-0.05, 0) is 18.7 Å². The second kappa shape index (κ2) is 10.4. The number of likely N-dealkylation sites (N-methyl/N-ethyl adjacent to an activating group) is 1. The monoisotopic (exact) mass is 538 g/mol. The van der Waals surface area contributed by atoms with Crippen molar-refractivity contribution in [2.45, 2.75) is 18.9 Å². The van der Waals surface area contributed by atoms with Gasteiger partial charge in [0.25, 0.3) is 0 Å². The summed E-state index contributed by atoms with van der Waals surface area (Å²) in [6.45, 7) is 5.35. The van der Waals surface area contributed by atoms with Crippen LogP contribution in [-0.2, 0) is 18.3 Å². The molecule has 0 aliphatic carbocycles. The van der Waals surface area contributed by atoms with Crippen molar-refractivity contribution in [3.63, 3.8) is 0 Å². The maximum atomic E-state index is 6.26. The van der Waals surface area contributed by atoms with Crippen molar-refractivity contribution < 1.29 is 9.57 Å². The fourth-order valence-electron chi connectivity index (χ4n) is 5.97. The lowest BCUT2D eigenvalue weighted by Gasteiger charge is -2.36. The van der Waals surface area contributed by atoms with Gasteiger partial charge in [-0.1, -0.05) is 30.3 Å². The molecule has 40 heavy (non-hydrogen) atoms. The third-order valence-electron chi connectivity index (χ3n) is 8.01. The molecule has 1 unspecified atom stereocenters. The van der Waals surface area contributed by atoms with Gasteiger partial charge in [-0.2, -0.15) is 5.10 Å². The molecule has 1 N–H and O–H groups in total. The number of hydrogen-bond donors (Lipinski definition) is 1. The highest BCUT2D eigenvalue weighted by Crippen LogP contribution is 2.47. The van der Waals surface area contributed by atoms with Crippen molar-refractivity contribution in [3.05, 3.63) is 72.3 Å². The molecule has 206 valence electrons. The van der Waals surface area contributed by atoms with Crippen molar-refractivity contribution in [2.75, 3.05) is 61.7 Å². The molecule has 2 aromatic carbocycles. The Bertz CT molecular complexity index is 1500. The van der Waals surface area contributed by atoms with Crippen molar-refractivity contribution in [1.29, 1.82) is 0 Å². The molecule has 2 fully saturated rings. The molecule has 0 amide bonds. The van der Waals surface area contributed by atoms with Crippen LogP contribution in [0.2, 0.25) is 0 Å². The van der Waals surface area contributed by atoms with Crippen LogP contribution in [0, 0.1) is 0 Å². The fraction of sp³-hybridized carbons (Fsp3) is 0.367. The summed E-state index contributed by atoms with van der Waals surface area (Å²) in [6, 6.07) is 14.7. The molecule has 0 spiro atoms. The van der Waals surface area contributed by atoms with Gasteiger partial charge < -0.3 is 19.9 Å². The summed E-state index contributed by atoms with van der Waals surface area (Å²) in [5.74, 6) is 2.32. The highest BCUT2D eigenvalue weighted by atomic mass is 16.7. The summed E-state index contributed by atoms with van der Waals surface area (Å²) in [7, 11) is 4.14. The summed E-state index contributed by atoms with van der Waals surface area (Å²) in [4.78, 5) is 20.0. The summed E-state index contributed by atoms with van der Waals surface area (Å²) >= 11 is 0. The van der Waals surface area contributed by atoms with Crippen LogP contribution in [0.1, 0.15) is 23.6 Å². The molecular formula is C30H34N8O2. The molecule has 10 heteroatoms. The molecule has 2 saturated heterocycles. The maximum absolute atomic E-state index is 6.26. The van der Waals surface area contributed by atoms with Gasteiger partial charge >= 0.3 is 0 Å². The Morgan fingerprint density at radius 2 is 1.82 bits per heavy atom. The molecule has 10 nitrogen and oxygen atoms in total. The molecule has 5 heterocycles. The standard InChI is InChI=1S/C30H34N8O2/c1-35-10-12-37(13-11-35)29-23-8-14-39-30(23)25(16-24(29)22-18-33-36(2)19-22)34-27-17-28(32-20-31-27)38-26(9-15-40-38)21-6-4-3-5-7-21/h3-7,16-20,26H,8-15H2,1-2H3,(H,31,32,34). The number of rotatable bonds is 6. The van der Waals surface area contributed by atoms with Gasteiger partial charge in [0.15, 0.2) is 5.82 Å². The van der Waals surface area contributed by atoms with E-state index in [-0.39, 0.29) is 6.04 Å². The molecule has 4 aromatic rings. The highest BCUT2D eigenvalue weighted by molar-refractivity contribution is 5.89. The Kier molecular flexibility index (Phi) is 6.49. The van der Waals surface area contributed by atoms with E-state index in [1.54, 1.807) is 6.33 Å². The fourth-order valence-corrected chi connectivity index (χ4v) is 5.97. The van der Waals surface area contributed by atoms with Crippen LogP contribution in [-0.4, -0.2) is 71.1 Å². The Labute approximate surface area is 234 Å². The Hall–Kier alpha value is -4.15. The predicted octanol–water partition coefficient (Wildman–Crippen LogP) is 4.19. The van der Waals surface area contributed by atoms with Gasteiger partial charge in [0.1, 0.15) is 17.9 Å². The number of anilines is 4. The summed E-state index contributed by atoms with van der Waals surface area (Å²) in [5, 5.41) is 9.95. The number of hydroxylamine groups is 1. The Balaban J connectivity index is 1.25. The lowest BCUT2D eigenvalue weighted by Crippen LogP contribution is -2.45. The van der Waals surface area contributed by atoms with E-state index in [0.29, 0.717) is 19.0 Å². The topological polar surface area (TPSA) is 83.8 Å². The largest absolute Gasteiger partial charge is 0.491 e. The van der Waals surface area contributed by atoms with E-state index in [2.05, 4.69) is 73.8 Å². The van der Waals surface area contributed by atoms with Crippen molar-refractivity contribution in [3.8, 4) is 16.9 Å². The molecule has 0 radical (unpaired) electrons. The average Bonchev–Trinajstić information content (AvgIpc) is 3.75. The zero-order valence-electron chi connectivity index (χ0n) is 23.0. The number of benzene rings is 2. The molecule has 7 rings (SSSR count). The number of piperazine rings is 1. The van der Waals surface area contributed by atoms with E-state index in [4.69, 9.17) is 9.57 Å². The maximum Gasteiger partial charge on any atom is 0.158 e. The summed E-state index contributed by atoms with van der Waals surface area (Å²) in [5.41, 5.74) is 6.86. The van der Waals surface area contributed by atoms with Crippen LogP contribution in [0.25, 0.3) is 11.1 Å². The Morgan fingerprint density at radius 1 is 0.975 bits per heavy atom. The molecule has 0 saturated carbocycles. The quantitative estimate of drug-likeness (QED) is 0.389. The minimum absolute atomic E-state index is 0.108. The number of nitrogens with one attached hydrogen (secondary N) is 1. The van der Waals surface area contributed by atoms with Crippen LogP contribution in [0.15, 0.2) is 61.2 Å². The number of aromatic nitrogens is 4. The van der Waals surface area contributed by atoms with Gasteiger partial charge in [-0.25, -0.2) is 15.0 Å². The summed E-state index contributed by atoms with van der Waals surface area (Å²) < 4.78 is 8.11. The average molecular weight is 539 g/mol. The Morgan fingerprint density at radius 3 is 2.62 bits per heavy atom. The van der Waals surface area contributed by atoms with E-state index in [9.17, 15) is 0 Å². The van der Waals surface area contributed by atoms with E-state index < -0.39 is 0 Å². The summed E-state index contributed by atoms with van der Waals surface area (Å²) in [6.07, 6.45) is 7.38. The van der Waals surface area contributed by atoms with Gasteiger partial charge in [-0.3, -0.25) is 9.52 Å². The van der Waals surface area contributed by atoms with Gasteiger partial charge in [0.05, 0.1) is 36.8 Å². The van der Waals surface area contributed by atoms with Crippen molar-refractivity contribution in [2.24, 2.45) is 7.05 Å².